The van der Waals surface area contributed by atoms with E-state index in [-0.39, 0.29) is 12.5 Å². The number of hydrogen-bond donors (Lipinski definition) is 2. The van der Waals surface area contributed by atoms with Crippen molar-refractivity contribution >= 4 is 23.2 Å². The summed E-state index contributed by atoms with van der Waals surface area (Å²) in [4.78, 5) is 14.4. The molecule has 1 aliphatic rings. The van der Waals surface area contributed by atoms with Crippen LogP contribution in [0.2, 0.25) is 5.02 Å². The molecule has 2 N–H and O–H groups in total. The van der Waals surface area contributed by atoms with Crippen molar-refractivity contribution in [2.45, 2.75) is 32.6 Å². The predicted octanol–water partition coefficient (Wildman–Crippen LogP) is 3.07. The van der Waals surface area contributed by atoms with Crippen LogP contribution in [0.1, 0.15) is 31.2 Å². The molecule has 4 nitrogen and oxygen atoms in total. The highest BCUT2D eigenvalue weighted by Gasteiger charge is 2.21. The highest BCUT2D eigenvalue weighted by molar-refractivity contribution is 6.31. The van der Waals surface area contributed by atoms with E-state index < -0.39 is 0 Å². The monoisotopic (exact) mass is 324 g/mol. The van der Waals surface area contributed by atoms with E-state index in [1.165, 1.54) is 6.42 Å². The third-order valence-corrected chi connectivity index (χ3v) is 4.61. The fourth-order valence-electron chi connectivity index (χ4n) is 3.04. The number of hydrogen-bond acceptors (Lipinski definition) is 3. The van der Waals surface area contributed by atoms with Crippen LogP contribution in [0.4, 0.5) is 5.69 Å². The molecule has 0 saturated carbocycles. The number of nitrogens with zero attached hydrogens (tertiary/aromatic N) is 1. The van der Waals surface area contributed by atoms with Crippen molar-refractivity contribution in [3.63, 3.8) is 0 Å². The van der Waals surface area contributed by atoms with Crippen molar-refractivity contribution in [2.75, 3.05) is 31.6 Å². The fraction of sp³-hybridized carbons (Fsp3) is 0.588. The maximum absolute atomic E-state index is 12.2. The third-order valence-electron chi connectivity index (χ3n) is 4.18. The van der Waals surface area contributed by atoms with Gasteiger partial charge in [-0.1, -0.05) is 11.6 Å². The Bertz CT molecular complexity index is 507. The highest BCUT2D eigenvalue weighted by Crippen LogP contribution is 2.21. The van der Waals surface area contributed by atoms with Crippen LogP contribution in [-0.4, -0.2) is 42.2 Å². The number of benzene rings is 1. The topological polar surface area (TPSA) is 52.6 Å². The van der Waals surface area contributed by atoms with Crippen molar-refractivity contribution in [3.05, 3.63) is 28.8 Å². The lowest BCUT2D eigenvalue weighted by Gasteiger charge is -2.32. The van der Waals surface area contributed by atoms with Crippen LogP contribution in [0, 0.1) is 12.8 Å². The number of rotatable bonds is 6. The molecule has 0 spiro atoms. The largest absolute Gasteiger partial charge is 0.396 e. The molecular weight excluding hydrogens is 300 g/mol. The summed E-state index contributed by atoms with van der Waals surface area (Å²) in [7, 11) is 0. The second kappa shape index (κ2) is 8.51. The average molecular weight is 325 g/mol. The summed E-state index contributed by atoms with van der Waals surface area (Å²) in [5.74, 6) is 0.621. The first-order valence-corrected chi connectivity index (χ1v) is 8.35. The summed E-state index contributed by atoms with van der Waals surface area (Å²) in [6, 6.07) is 5.52. The van der Waals surface area contributed by atoms with Gasteiger partial charge >= 0.3 is 0 Å². The first-order valence-electron chi connectivity index (χ1n) is 7.97. The van der Waals surface area contributed by atoms with Gasteiger partial charge in [-0.25, -0.2) is 0 Å². The molecule has 0 aliphatic carbocycles. The van der Waals surface area contributed by atoms with Crippen LogP contribution in [-0.2, 0) is 4.79 Å². The molecule has 0 aromatic heterocycles. The molecular formula is C17H25ClN2O2. The Hall–Kier alpha value is -1.10. The number of aliphatic hydroxyl groups excluding tert-OH is 1. The summed E-state index contributed by atoms with van der Waals surface area (Å²) in [6.07, 6.45) is 4.23. The predicted molar refractivity (Wildman–Crippen MR) is 90.3 cm³/mol. The van der Waals surface area contributed by atoms with Crippen molar-refractivity contribution in [2.24, 2.45) is 5.92 Å². The molecule has 1 fully saturated rings. The molecule has 22 heavy (non-hydrogen) atoms. The Balaban J connectivity index is 1.82. The first-order chi connectivity index (χ1) is 10.6. The SMILES string of the molecule is Cc1cc(NC(=O)CN2CCC[C@@H](CCCO)C2)ccc1Cl. The number of aliphatic hydroxyl groups is 1. The van der Waals surface area contributed by atoms with E-state index in [0.29, 0.717) is 17.5 Å². The van der Waals surface area contributed by atoms with Gasteiger partial charge in [-0.3, -0.25) is 9.69 Å². The maximum Gasteiger partial charge on any atom is 0.238 e. The maximum atomic E-state index is 12.2. The van der Waals surface area contributed by atoms with E-state index in [1.54, 1.807) is 6.07 Å². The second-order valence-corrected chi connectivity index (χ2v) is 6.53. The van der Waals surface area contributed by atoms with Crippen molar-refractivity contribution in [3.8, 4) is 0 Å². The number of likely N-dealkylation sites (tertiary alicyclic amines) is 1. The smallest absolute Gasteiger partial charge is 0.238 e. The molecule has 1 aromatic carbocycles. The number of piperidine rings is 1. The molecule has 1 aromatic rings. The molecule has 1 heterocycles. The molecule has 122 valence electrons. The van der Waals surface area contributed by atoms with Crippen molar-refractivity contribution in [1.82, 2.24) is 4.90 Å². The average Bonchev–Trinajstić information content (AvgIpc) is 2.49. The Morgan fingerprint density at radius 1 is 1.50 bits per heavy atom. The molecule has 1 atom stereocenters. The van der Waals surface area contributed by atoms with Crippen LogP contribution in [0.3, 0.4) is 0 Å². The number of amides is 1. The number of nitrogens with one attached hydrogen (secondary N) is 1. The molecule has 1 aliphatic heterocycles. The minimum Gasteiger partial charge on any atom is -0.396 e. The van der Waals surface area contributed by atoms with Crippen LogP contribution >= 0.6 is 11.6 Å². The molecule has 1 amide bonds. The number of carbonyl (C=O) groups excluding carboxylic acids is 1. The summed E-state index contributed by atoms with van der Waals surface area (Å²) in [5, 5.41) is 12.6. The molecule has 0 unspecified atom stereocenters. The van der Waals surface area contributed by atoms with E-state index in [2.05, 4.69) is 10.2 Å². The molecule has 1 saturated heterocycles. The summed E-state index contributed by atoms with van der Waals surface area (Å²) in [6.45, 7) is 4.54. The van der Waals surface area contributed by atoms with Crippen molar-refractivity contribution in [1.29, 1.82) is 0 Å². The van der Waals surface area contributed by atoms with Gasteiger partial charge in [-0.15, -0.1) is 0 Å². The first kappa shape index (κ1) is 17.3. The lowest BCUT2D eigenvalue weighted by molar-refractivity contribution is -0.117. The number of anilines is 1. The van der Waals surface area contributed by atoms with Gasteiger partial charge in [0.05, 0.1) is 6.54 Å². The summed E-state index contributed by atoms with van der Waals surface area (Å²) in [5.41, 5.74) is 1.75. The second-order valence-electron chi connectivity index (χ2n) is 6.12. The van der Waals surface area contributed by atoms with E-state index >= 15 is 0 Å². The van der Waals surface area contributed by atoms with Gasteiger partial charge in [-0.05, 0) is 68.8 Å². The van der Waals surface area contributed by atoms with Crippen LogP contribution in [0.5, 0.6) is 0 Å². The van der Waals surface area contributed by atoms with Crippen LogP contribution < -0.4 is 5.32 Å². The Morgan fingerprint density at radius 2 is 2.32 bits per heavy atom. The molecule has 0 bridgehead atoms. The Kier molecular flexibility index (Phi) is 6.68. The number of aryl methyl sites for hydroxylation is 1. The standard InChI is InChI=1S/C17H25ClN2O2/c1-13-10-15(6-7-16(13)18)19-17(22)12-20-8-2-4-14(11-20)5-3-9-21/h6-7,10,14,21H,2-5,8-9,11-12H2,1H3,(H,19,22)/t14-/m0/s1. The van der Waals surface area contributed by atoms with Crippen LogP contribution in [0.25, 0.3) is 0 Å². The van der Waals surface area contributed by atoms with E-state index in [1.807, 2.05) is 19.1 Å². The van der Waals surface area contributed by atoms with E-state index in [0.717, 1.165) is 43.6 Å². The van der Waals surface area contributed by atoms with Gasteiger partial charge < -0.3 is 10.4 Å². The minimum absolute atomic E-state index is 0.0181. The number of halogens is 1. The van der Waals surface area contributed by atoms with Gasteiger partial charge in [0.1, 0.15) is 0 Å². The van der Waals surface area contributed by atoms with E-state index in [9.17, 15) is 4.79 Å². The zero-order valence-electron chi connectivity index (χ0n) is 13.1. The molecule has 0 radical (unpaired) electrons. The van der Waals surface area contributed by atoms with Gasteiger partial charge in [0.2, 0.25) is 5.91 Å². The van der Waals surface area contributed by atoms with Gasteiger partial charge in [0.25, 0.3) is 0 Å². The lowest BCUT2D eigenvalue weighted by Crippen LogP contribution is -2.40. The van der Waals surface area contributed by atoms with E-state index in [4.69, 9.17) is 16.7 Å². The zero-order chi connectivity index (χ0) is 15.9. The molecule has 5 heteroatoms. The van der Waals surface area contributed by atoms with Crippen LogP contribution in [0.15, 0.2) is 18.2 Å². The highest BCUT2D eigenvalue weighted by atomic mass is 35.5. The Morgan fingerprint density at radius 3 is 3.05 bits per heavy atom. The normalized spacial score (nSPS) is 19.1. The minimum atomic E-state index is 0.0181. The summed E-state index contributed by atoms with van der Waals surface area (Å²) >= 11 is 5.99. The van der Waals surface area contributed by atoms with Gasteiger partial charge in [0, 0.05) is 23.9 Å². The van der Waals surface area contributed by atoms with Gasteiger partial charge in [-0.2, -0.15) is 0 Å². The third kappa shape index (κ3) is 5.27. The summed E-state index contributed by atoms with van der Waals surface area (Å²) < 4.78 is 0. The number of carbonyl (C=O) groups is 1. The fourth-order valence-corrected chi connectivity index (χ4v) is 3.15. The molecule has 2 rings (SSSR count). The van der Waals surface area contributed by atoms with Crippen molar-refractivity contribution < 1.29 is 9.90 Å². The van der Waals surface area contributed by atoms with Gasteiger partial charge in [0.15, 0.2) is 0 Å². The lowest BCUT2D eigenvalue weighted by atomic mass is 9.93. The Labute approximate surface area is 137 Å². The quantitative estimate of drug-likeness (QED) is 0.845. The zero-order valence-corrected chi connectivity index (χ0v) is 13.9.